The van der Waals surface area contributed by atoms with Crippen LogP contribution in [0.3, 0.4) is 0 Å². The third kappa shape index (κ3) is 2.33. The molecule has 2 nitrogen and oxygen atoms in total. The van der Waals surface area contributed by atoms with Crippen LogP contribution < -0.4 is 5.73 Å². The Bertz CT molecular complexity index is 909. The fraction of sp³-hybridized carbons (Fsp3) is 0.0952. The summed E-state index contributed by atoms with van der Waals surface area (Å²) in [6.07, 6.45) is 6.74. The Morgan fingerprint density at radius 1 is 1.00 bits per heavy atom. The molecule has 2 aromatic rings. The molecule has 0 aromatic heterocycles. The lowest BCUT2D eigenvalue weighted by Crippen LogP contribution is -2.12. The van der Waals surface area contributed by atoms with E-state index in [-0.39, 0.29) is 0 Å². The lowest BCUT2D eigenvalue weighted by atomic mass is 9.77. The summed E-state index contributed by atoms with van der Waals surface area (Å²) >= 11 is 0. The van der Waals surface area contributed by atoms with E-state index in [4.69, 9.17) is 11.1 Å². The lowest BCUT2D eigenvalue weighted by Gasteiger charge is -2.27. The molecule has 2 heteroatoms. The second kappa shape index (κ2) is 5.10. The monoisotopic (exact) mass is 298 g/mol. The van der Waals surface area contributed by atoms with Gasteiger partial charge in [0.25, 0.3) is 0 Å². The first-order chi connectivity index (χ1) is 11.1. The minimum atomic E-state index is 0.555. The molecular formula is C21H18N2. The second-order valence-electron chi connectivity index (χ2n) is 6.21. The first kappa shape index (κ1) is 13.8. The molecule has 0 radical (unpaired) electrons. The Hall–Kier alpha value is -2.87. The third-order valence-corrected chi connectivity index (χ3v) is 4.49. The van der Waals surface area contributed by atoms with Crippen LogP contribution in [0.4, 0.5) is 5.69 Å². The van der Waals surface area contributed by atoms with Crippen molar-refractivity contribution >= 4 is 17.0 Å². The van der Waals surface area contributed by atoms with Gasteiger partial charge in [-0.1, -0.05) is 42.0 Å². The van der Waals surface area contributed by atoms with Crippen molar-refractivity contribution in [1.82, 2.24) is 0 Å². The number of rotatable bonds is 1. The number of hydrogen-bond acceptors (Lipinski definition) is 2. The highest BCUT2D eigenvalue weighted by atomic mass is 14.5. The van der Waals surface area contributed by atoms with Crippen LogP contribution in [-0.2, 0) is 6.42 Å². The summed E-state index contributed by atoms with van der Waals surface area (Å²) in [5, 5.41) is 7.93. The summed E-state index contributed by atoms with van der Waals surface area (Å²) < 4.78 is 0. The number of hydrogen-bond donors (Lipinski definition) is 2. The number of nitrogen functional groups attached to an aromatic ring is 1. The molecule has 0 saturated carbocycles. The molecule has 3 N–H and O–H groups in total. The lowest BCUT2D eigenvalue weighted by molar-refractivity contribution is 1.13. The minimum Gasteiger partial charge on any atom is -0.399 e. The van der Waals surface area contributed by atoms with Gasteiger partial charge >= 0.3 is 0 Å². The van der Waals surface area contributed by atoms with Crippen molar-refractivity contribution in [3.8, 4) is 0 Å². The topological polar surface area (TPSA) is 49.9 Å². The first-order valence-corrected chi connectivity index (χ1v) is 7.79. The quantitative estimate of drug-likeness (QED) is 0.751. The van der Waals surface area contributed by atoms with Gasteiger partial charge in [-0.15, -0.1) is 0 Å². The molecule has 2 aromatic carbocycles. The Morgan fingerprint density at radius 3 is 2.57 bits per heavy atom. The van der Waals surface area contributed by atoms with Gasteiger partial charge in [0, 0.05) is 5.69 Å². The Labute approximate surface area is 136 Å². The van der Waals surface area contributed by atoms with Gasteiger partial charge in [0.05, 0.1) is 5.71 Å². The molecule has 4 rings (SSSR count). The van der Waals surface area contributed by atoms with Crippen LogP contribution >= 0.6 is 0 Å². The summed E-state index contributed by atoms with van der Waals surface area (Å²) in [5.74, 6) is 0. The average molecular weight is 298 g/mol. The number of benzene rings is 2. The van der Waals surface area contributed by atoms with Gasteiger partial charge in [-0.25, -0.2) is 0 Å². The predicted octanol–water partition coefficient (Wildman–Crippen LogP) is 4.45. The number of anilines is 1. The van der Waals surface area contributed by atoms with Crippen LogP contribution in [0.15, 0.2) is 71.8 Å². The van der Waals surface area contributed by atoms with Crippen molar-refractivity contribution in [2.75, 3.05) is 5.73 Å². The number of allylic oxidation sites excluding steroid dienone is 5. The van der Waals surface area contributed by atoms with Crippen molar-refractivity contribution in [2.24, 2.45) is 0 Å². The van der Waals surface area contributed by atoms with Crippen LogP contribution in [0.1, 0.15) is 22.3 Å². The fourth-order valence-electron chi connectivity index (χ4n) is 3.37. The van der Waals surface area contributed by atoms with Crippen molar-refractivity contribution in [1.29, 1.82) is 5.41 Å². The summed E-state index contributed by atoms with van der Waals surface area (Å²) in [6, 6.07) is 14.8. The van der Waals surface area contributed by atoms with E-state index in [9.17, 15) is 0 Å². The minimum absolute atomic E-state index is 0.555. The standard InChI is InChI=1S/C21H18N2/c1-13-2-4-14(5-3-13)21-19-8-6-17(22)11-15(19)10-16-12-18(23)7-9-20(16)21/h2-9,11-12,22H,10,23H2,1H3. The zero-order valence-electron chi connectivity index (χ0n) is 13.1. The van der Waals surface area contributed by atoms with Gasteiger partial charge in [0.2, 0.25) is 0 Å². The maximum atomic E-state index is 7.93. The summed E-state index contributed by atoms with van der Waals surface area (Å²) in [7, 11) is 0. The van der Waals surface area contributed by atoms with Gasteiger partial charge in [0.1, 0.15) is 0 Å². The van der Waals surface area contributed by atoms with Crippen LogP contribution in [0.5, 0.6) is 0 Å². The van der Waals surface area contributed by atoms with Gasteiger partial charge < -0.3 is 11.1 Å². The number of nitrogens with two attached hydrogens (primary N) is 1. The van der Waals surface area contributed by atoms with E-state index >= 15 is 0 Å². The van der Waals surface area contributed by atoms with E-state index in [2.05, 4.69) is 49.4 Å². The molecule has 112 valence electrons. The predicted molar refractivity (Wildman–Crippen MR) is 96.7 cm³/mol. The average Bonchev–Trinajstić information content (AvgIpc) is 2.53. The van der Waals surface area contributed by atoms with Crippen molar-refractivity contribution < 1.29 is 0 Å². The number of fused-ring (bicyclic) bond motifs is 2. The van der Waals surface area contributed by atoms with E-state index < -0.39 is 0 Å². The zero-order chi connectivity index (χ0) is 16.0. The molecule has 0 amide bonds. The van der Waals surface area contributed by atoms with Crippen molar-refractivity contribution in [2.45, 2.75) is 13.3 Å². The highest BCUT2D eigenvalue weighted by Gasteiger charge is 2.24. The molecule has 0 saturated heterocycles. The molecule has 0 heterocycles. The maximum absolute atomic E-state index is 7.93. The van der Waals surface area contributed by atoms with E-state index in [1.54, 1.807) is 0 Å². The van der Waals surface area contributed by atoms with Crippen LogP contribution in [0.2, 0.25) is 0 Å². The van der Waals surface area contributed by atoms with E-state index in [0.29, 0.717) is 5.71 Å². The third-order valence-electron chi connectivity index (χ3n) is 4.49. The molecule has 0 spiro atoms. The molecule has 23 heavy (non-hydrogen) atoms. The van der Waals surface area contributed by atoms with Gasteiger partial charge in [0.15, 0.2) is 0 Å². The Morgan fingerprint density at radius 2 is 1.78 bits per heavy atom. The van der Waals surface area contributed by atoms with E-state index in [1.165, 1.54) is 39.0 Å². The maximum Gasteiger partial charge on any atom is 0.0543 e. The highest BCUT2D eigenvalue weighted by molar-refractivity contribution is 6.07. The first-order valence-electron chi connectivity index (χ1n) is 7.79. The second-order valence-corrected chi connectivity index (χ2v) is 6.21. The molecule has 0 fully saturated rings. The summed E-state index contributed by atoms with van der Waals surface area (Å²) in [6.45, 7) is 2.10. The molecule has 2 aliphatic carbocycles. The van der Waals surface area contributed by atoms with E-state index in [1.807, 2.05) is 18.2 Å². The molecule has 0 bridgehead atoms. The molecule has 0 aliphatic heterocycles. The molecule has 0 atom stereocenters. The summed E-state index contributed by atoms with van der Waals surface area (Å²) in [5.41, 5.74) is 15.9. The van der Waals surface area contributed by atoms with Crippen molar-refractivity contribution in [3.05, 3.63) is 94.1 Å². The number of aryl methyl sites for hydroxylation is 1. The fourth-order valence-corrected chi connectivity index (χ4v) is 3.37. The molecule has 0 unspecified atom stereocenters. The van der Waals surface area contributed by atoms with Gasteiger partial charge in [-0.05, 0) is 71.0 Å². The smallest absolute Gasteiger partial charge is 0.0543 e. The van der Waals surface area contributed by atoms with E-state index in [0.717, 1.165) is 12.1 Å². The number of nitrogens with one attached hydrogen (secondary N) is 1. The zero-order valence-corrected chi connectivity index (χ0v) is 13.1. The van der Waals surface area contributed by atoms with Gasteiger partial charge in [-0.2, -0.15) is 0 Å². The SMILES string of the molecule is Cc1ccc(C2=C3C=CC(=N)C=C3Cc3cc(N)ccc32)cc1. The van der Waals surface area contributed by atoms with Crippen LogP contribution in [-0.4, -0.2) is 5.71 Å². The van der Waals surface area contributed by atoms with Crippen molar-refractivity contribution in [3.63, 3.8) is 0 Å². The van der Waals surface area contributed by atoms with Crippen LogP contribution in [0, 0.1) is 12.3 Å². The highest BCUT2D eigenvalue weighted by Crippen LogP contribution is 2.41. The molecular weight excluding hydrogens is 280 g/mol. The Kier molecular flexibility index (Phi) is 3.05. The Balaban J connectivity index is 2.01. The normalized spacial score (nSPS) is 16.0. The largest absolute Gasteiger partial charge is 0.399 e. The summed E-state index contributed by atoms with van der Waals surface area (Å²) in [4.78, 5) is 0. The molecule has 2 aliphatic rings. The van der Waals surface area contributed by atoms with Gasteiger partial charge in [-0.3, -0.25) is 0 Å². The van der Waals surface area contributed by atoms with Crippen LogP contribution in [0.25, 0.3) is 5.57 Å².